The van der Waals surface area contributed by atoms with E-state index in [-0.39, 0.29) is 0 Å². The van der Waals surface area contributed by atoms with E-state index < -0.39 is 0 Å². The van der Waals surface area contributed by atoms with Gasteiger partial charge in [-0.3, -0.25) is 0 Å². The molecule has 4 rings (SSSR count). The lowest BCUT2D eigenvalue weighted by Gasteiger charge is -2.58. The minimum atomic E-state index is 0.346. The first-order valence-electron chi connectivity index (χ1n) is 12.1. The van der Waals surface area contributed by atoms with Gasteiger partial charge in [0.05, 0.1) is 12.0 Å². The van der Waals surface area contributed by atoms with Gasteiger partial charge in [-0.25, -0.2) is 0 Å². The average molecular weight is 415 g/mol. The molecule has 1 unspecified atom stereocenters. The minimum Gasteiger partial charge on any atom is -0.367 e. The Balaban J connectivity index is 1.51. The number of hydrogen-bond donors (Lipinski definition) is 0. The zero-order valence-electron chi connectivity index (χ0n) is 19.3. The molecule has 1 aromatic rings. The van der Waals surface area contributed by atoms with Crippen LogP contribution in [0.5, 0.6) is 0 Å². The van der Waals surface area contributed by atoms with Crippen LogP contribution in [0.25, 0.3) is 0 Å². The molecule has 3 fully saturated rings. The topological polar surface area (TPSA) is 9.23 Å². The van der Waals surface area contributed by atoms with Gasteiger partial charge in [-0.05, 0) is 91.1 Å². The second-order valence-corrected chi connectivity index (χ2v) is 12.3. The van der Waals surface area contributed by atoms with E-state index in [2.05, 4.69) is 65.0 Å². The summed E-state index contributed by atoms with van der Waals surface area (Å²) in [6.07, 6.45) is 10.1. The maximum atomic E-state index is 6.67. The van der Waals surface area contributed by atoms with Gasteiger partial charge < -0.3 is 4.74 Å². The zero-order valence-corrected chi connectivity index (χ0v) is 20.1. The van der Waals surface area contributed by atoms with Gasteiger partial charge in [-0.2, -0.15) is 0 Å². The number of thioether (sulfide) groups is 1. The molecule has 1 aromatic carbocycles. The van der Waals surface area contributed by atoms with Gasteiger partial charge in [0.15, 0.2) is 0 Å². The average Bonchev–Trinajstić information content (AvgIpc) is 2.68. The van der Waals surface area contributed by atoms with E-state index in [0.29, 0.717) is 16.9 Å². The molecular weight excluding hydrogens is 372 g/mol. The van der Waals surface area contributed by atoms with E-state index in [1.165, 1.54) is 49.8 Å². The van der Waals surface area contributed by atoms with Crippen molar-refractivity contribution in [3.8, 4) is 0 Å². The summed E-state index contributed by atoms with van der Waals surface area (Å²) in [5, 5.41) is 0. The number of benzene rings is 1. The molecule has 0 spiro atoms. The summed E-state index contributed by atoms with van der Waals surface area (Å²) in [5.74, 6) is 5.12. The molecule has 3 saturated carbocycles. The van der Waals surface area contributed by atoms with Crippen LogP contribution in [0.1, 0.15) is 79.6 Å². The van der Waals surface area contributed by atoms with E-state index in [1.807, 2.05) is 11.8 Å². The SMILES string of the molecule is C[C@@H]1CCC(OCSc2ccccc2)[C@@]2(C)CC[C@H]3[C@H](C)CC[C@@H](C[C@H]12)C3(C)C. The van der Waals surface area contributed by atoms with Crippen LogP contribution in [0.2, 0.25) is 0 Å². The maximum Gasteiger partial charge on any atom is 0.0971 e. The quantitative estimate of drug-likeness (QED) is 0.364. The van der Waals surface area contributed by atoms with Crippen LogP contribution in [-0.2, 0) is 4.74 Å². The van der Waals surface area contributed by atoms with E-state index in [1.54, 1.807) is 0 Å². The Morgan fingerprint density at radius 2 is 1.59 bits per heavy atom. The first-order chi connectivity index (χ1) is 13.8. The first-order valence-corrected chi connectivity index (χ1v) is 13.1. The largest absolute Gasteiger partial charge is 0.367 e. The number of fused-ring (bicyclic) bond motifs is 3. The molecule has 0 saturated heterocycles. The maximum absolute atomic E-state index is 6.67. The predicted octanol–water partition coefficient (Wildman–Crippen LogP) is 8.05. The van der Waals surface area contributed by atoms with E-state index >= 15 is 0 Å². The third-order valence-corrected chi connectivity index (χ3v) is 10.4. The summed E-state index contributed by atoms with van der Waals surface area (Å²) in [4.78, 5) is 1.32. The molecule has 1 nitrogen and oxygen atoms in total. The number of rotatable bonds is 4. The molecule has 3 aliphatic carbocycles. The van der Waals surface area contributed by atoms with Crippen molar-refractivity contribution in [1.82, 2.24) is 0 Å². The Morgan fingerprint density at radius 1 is 0.897 bits per heavy atom. The second kappa shape index (κ2) is 8.58. The summed E-state index contributed by atoms with van der Waals surface area (Å²) in [6, 6.07) is 10.7. The molecule has 0 aromatic heterocycles. The van der Waals surface area contributed by atoms with Gasteiger partial charge in [0, 0.05) is 4.90 Å². The van der Waals surface area contributed by atoms with Gasteiger partial charge >= 0.3 is 0 Å². The fourth-order valence-corrected chi connectivity index (χ4v) is 8.30. The highest BCUT2D eigenvalue weighted by molar-refractivity contribution is 7.99. The summed E-state index contributed by atoms with van der Waals surface area (Å²) < 4.78 is 6.67. The molecule has 2 heteroatoms. The van der Waals surface area contributed by atoms with Crippen molar-refractivity contribution >= 4 is 11.8 Å². The van der Waals surface area contributed by atoms with Gasteiger partial charge in [0.1, 0.15) is 0 Å². The normalized spacial score (nSPS) is 41.8. The Kier molecular flexibility index (Phi) is 6.43. The van der Waals surface area contributed by atoms with Crippen molar-refractivity contribution in [2.24, 2.45) is 40.4 Å². The highest BCUT2D eigenvalue weighted by Crippen LogP contribution is 2.60. The summed E-state index contributed by atoms with van der Waals surface area (Å²) in [5.41, 5.74) is 0.856. The van der Waals surface area contributed by atoms with Crippen LogP contribution in [0, 0.1) is 40.4 Å². The first kappa shape index (κ1) is 21.8. The number of hydrogen-bond acceptors (Lipinski definition) is 2. The second-order valence-electron chi connectivity index (χ2n) is 11.4. The van der Waals surface area contributed by atoms with E-state index in [0.717, 1.165) is 35.5 Å². The Morgan fingerprint density at radius 3 is 2.34 bits per heavy atom. The Hall–Kier alpha value is -0.470. The smallest absolute Gasteiger partial charge is 0.0971 e. The summed E-state index contributed by atoms with van der Waals surface area (Å²) in [7, 11) is 0. The molecule has 29 heavy (non-hydrogen) atoms. The van der Waals surface area contributed by atoms with Gasteiger partial charge in [0.2, 0.25) is 0 Å². The van der Waals surface area contributed by atoms with Crippen LogP contribution in [0.15, 0.2) is 35.2 Å². The highest BCUT2D eigenvalue weighted by Gasteiger charge is 2.54. The molecule has 162 valence electrons. The summed E-state index contributed by atoms with van der Waals surface area (Å²) >= 11 is 1.86. The van der Waals surface area contributed by atoms with Gasteiger partial charge in [0.25, 0.3) is 0 Å². The molecule has 2 bridgehead atoms. The predicted molar refractivity (Wildman–Crippen MR) is 125 cm³/mol. The lowest BCUT2D eigenvalue weighted by molar-refractivity contribution is -0.135. The molecule has 7 atom stereocenters. The number of ether oxygens (including phenoxy) is 1. The fraction of sp³-hybridized carbons (Fsp3) is 0.778. The third kappa shape index (κ3) is 4.18. The third-order valence-electron chi connectivity index (χ3n) is 9.59. The van der Waals surface area contributed by atoms with Crippen molar-refractivity contribution in [3.05, 3.63) is 30.3 Å². The Bertz CT molecular complexity index is 670. The Labute approximate surface area is 183 Å². The van der Waals surface area contributed by atoms with Crippen molar-refractivity contribution in [2.75, 3.05) is 5.94 Å². The van der Waals surface area contributed by atoms with Gasteiger partial charge in [-0.1, -0.05) is 71.0 Å². The molecule has 0 aliphatic heterocycles. The molecule has 0 amide bonds. The summed E-state index contributed by atoms with van der Waals surface area (Å²) in [6.45, 7) is 12.9. The molecular formula is C27H42OS. The highest BCUT2D eigenvalue weighted by atomic mass is 32.2. The molecule has 0 radical (unpaired) electrons. The fourth-order valence-electron chi connectivity index (χ4n) is 7.58. The van der Waals surface area contributed by atoms with E-state index in [4.69, 9.17) is 4.74 Å². The monoisotopic (exact) mass is 414 g/mol. The van der Waals surface area contributed by atoms with Crippen LogP contribution in [0.3, 0.4) is 0 Å². The molecule has 3 aliphatic rings. The lowest BCUT2D eigenvalue weighted by Crippen LogP contribution is -2.53. The van der Waals surface area contributed by atoms with Crippen LogP contribution >= 0.6 is 11.8 Å². The lowest BCUT2D eigenvalue weighted by atomic mass is 9.48. The van der Waals surface area contributed by atoms with Crippen molar-refractivity contribution < 1.29 is 4.74 Å². The minimum absolute atomic E-state index is 0.346. The van der Waals surface area contributed by atoms with Crippen molar-refractivity contribution in [3.63, 3.8) is 0 Å². The van der Waals surface area contributed by atoms with Gasteiger partial charge in [-0.15, -0.1) is 0 Å². The standard InChI is InChI=1S/C27H42OS/c1-19-11-13-21-17-24-20(2)12-14-25(28-18-29-22-9-7-6-8-10-22)27(24,5)16-15-23(19)26(21,3)4/h6-10,19-21,23-25H,11-18H2,1-5H3/t19-,20-,21+,23+,24-,25?,27+/m1/s1. The molecule has 0 heterocycles. The van der Waals surface area contributed by atoms with Crippen molar-refractivity contribution in [2.45, 2.75) is 90.6 Å². The zero-order chi connectivity index (χ0) is 20.6. The molecule has 0 N–H and O–H groups in total. The van der Waals surface area contributed by atoms with Crippen LogP contribution in [0.4, 0.5) is 0 Å². The van der Waals surface area contributed by atoms with E-state index in [9.17, 15) is 0 Å². The van der Waals surface area contributed by atoms with Crippen LogP contribution in [-0.4, -0.2) is 12.0 Å². The van der Waals surface area contributed by atoms with Crippen LogP contribution < -0.4 is 0 Å². The van der Waals surface area contributed by atoms with Crippen molar-refractivity contribution in [1.29, 1.82) is 0 Å².